The highest BCUT2D eigenvalue weighted by molar-refractivity contribution is 7.13. The fraction of sp³-hybridized carbons (Fsp3) is 0.296. The first-order valence-corrected chi connectivity index (χ1v) is 12.2. The van der Waals surface area contributed by atoms with Gasteiger partial charge in [-0.1, -0.05) is 19.9 Å². The monoisotopic (exact) mass is 516 g/mol. The van der Waals surface area contributed by atoms with Gasteiger partial charge in [0.1, 0.15) is 5.75 Å². The molecule has 1 unspecified atom stereocenters. The normalized spacial score (nSPS) is 14.0. The van der Waals surface area contributed by atoms with Gasteiger partial charge < -0.3 is 20.1 Å². The second kappa shape index (κ2) is 9.63. The van der Waals surface area contributed by atoms with E-state index < -0.39 is 30.2 Å². The molecule has 2 aromatic heterocycles. The number of pyridine rings is 1. The lowest BCUT2D eigenvalue weighted by Gasteiger charge is -2.38. The van der Waals surface area contributed by atoms with Gasteiger partial charge in [-0.15, -0.1) is 11.3 Å². The maximum absolute atomic E-state index is 14.3. The van der Waals surface area contributed by atoms with Crippen LogP contribution in [0.4, 0.5) is 18.9 Å². The lowest BCUT2D eigenvalue weighted by atomic mass is 9.74. The number of methoxy groups -OCH3 is 1. The molecule has 2 aromatic carbocycles. The fourth-order valence-corrected chi connectivity index (χ4v) is 5.18. The Morgan fingerprint density at radius 1 is 1.08 bits per heavy atom. The molecular weight excluding hydrogens is 489 g/mol. The summed E-state index contributed by atoms with van der Waals surface area (Å²) in [6, 6.07) is 15.3. The first-order valence-electron chi connectivity index (χ1n) is 11.3. The number of aromatic nitrogens is 1. The van der Waals surface area contributed by atoms with Crippen molar-refractivity contribution in [2.45, 2.75) is 37.5 Å². The van der Waals surface area contributed by atoms with E-state index in [1.54, 1.807) is 32.0 Å². The highest BCUT2D eigenvalue weighted by Crippen LogP contribution is 2.45. The van der Waals surface area contributed by atoms with E-state index in [2.05, 4.69) is 10.3 Å². The minimum absolute atomic E-state index is 0.252. The topological polar surface area (TPSA) is 74.3 Å². The summed E-state index contributed by atoms with van der Waals surface area (Å²) in [5.41, 5.74) is -2.11. The van der Waals surface area contributed by atoms with Crippen LogP contribution in [0.1, 0.15) is 25.8 Å². The molecule has 0 fully saturated rings. The molecule has 0 aliphatic rings. The van der Waals surface area contributed by atoms with E-state index in [9.17, 15) is 23.1 Å². The molecule has 0 aliphatic heterocycles. The van der Waals surface area contributed by atoms with Crippen LogP contribution < -0.4 is 15.5 Å². The zero-order valence-electron chi connectivity index (χ0n) is 20.1. The quantitative estimate of drug-likeness (QED) is 0.256. The van der Waals surface area contributed by atoms with E-state index in [1.165, 1.54) is 36.8 Å². The van der Waals surface area contributed by atoms with Crippen LogP contribution in [0.15, 0.2) is 71.0 Å². The molecule has 2 heterocycles. The number of rotatable bonds is 8. The molecule has 0 saturated heterocycles. The number of anilines is 1. The Balaban J connectivity index is 1.65. The zero-order chi connectivity index (χ0) is 26.1. The number of hydrogen-bond acceptors (Lipinski definition) is 5. The Hall–Kier alpha value is -3.30. The van der Waals surface area contributed by atoms with Crippen molar-refractivity contribution in [1.29, 1.82) is 0 Å². The van der Waals surface area contributed by atoms with Crippen molar-refractivity contribution in [2.24, 2.45) is 0 Å². The molecule has 4 aromatic rings. The summed E-state index contributed by atoms with van der Waals surface area (Å²) in [7, 11) is 1.47. The van der Waals surface area contributed by atoms with Gasteiger partial charge in [0.05, 0.1) is 13.7 Å². The van der Waals surface area contributed by atoms with E-state index in [-0.39, 0.29) is 5.43 Å². The summed E-state index contributed by atoms with van der Waals surface area (Å²) in [5, 5.41) is 16.0. The molecule has 0 saturated carbocycles. The molecule has 0 amide bonds. The lowest BCUT2D eigenvalue weighted by Crippen LogP contribution is -2.53. The Bertz CT molecular complexity index is 1410. The average molecular weight is 517 g/mol. The molecule has 0 radical (unpaired) electrons. The van der Waals surface area contributed by atoms with Crippen molar-refractivity contribution < 1.29 is 23.0 Å². The maximum Gasteiger partial charge on any atom is 0.418 e. The summed E-state index contributed by atoms with van der Waals surface area (Å²) in [5.74, 6) is 0.451. The predicted octanol–water partition coefficient (Wildman–Crippen LogP) is 6.34. The number of benzene rings is 2. The number of thiophene rings is 1. The van der Waals surface area contributed by atoms with Gasteiger partial charge in [0, 0.05) is 39.3 Å². The molecule has 0 spiro atoms. The van der Waals surface area contributed by atoms with Crippen molar-refractivity contribution >= 4 is 27.9 Å². The molecule has 0 bridgehead atoms. The summed E-state index contributed by atoms with van der Waals surface area (Å²) in [6.07, 6.45) is -4.02. The van der Waals surface area contributed by atoms with E-state index in [4.69, 9.17) is 4.74 Å². The van der Waals surface area contributed by atoms with Gasteiger partial charge in [-0.05, 0) is 65.2 Å². The van der Waals surface area contributed by atoms with Gasteiger partial charge in [-0.3, -0.25) is 4.79 Å². The number of hydrogen-bond donors (Lipinski definition) is 3. The smallest absolute Gasteiger partial charge is 0.418 e. The van der Waals surface area contributed by atoms with E-state index in [1.807, 2.05) is 29.6 Å². The SMILES string of the molecule is COc1ccc(-c2cccs2)cc1C(C)(C)CC(O)(CNc1ccc2[nH]ccc(=O)c2c1)C(F)(F)F. The Morgan fingerprint density at radius 2 is 1.86 bits per heavy atom. The summed E-state index contributed by atoms with van der Waals surface area (Å²) >= 11 is 1.53. The van der Waals surface area contributed by atoms with Gasteiger partial charge in [0.2, 0.25) is 0 Å². The van der Waals surface area contributed by atoms with Crippen LogP contribution in [-0.4, -0.2) is 35.5 Å². The summed E-state index contributed by atoms with van der Waals surface area (Å²) in [4.78, 5) is 16.0. The van der Waals surface area contributed by atoms with E-state index in [0.717, 1.165) is 10.4 Å². The maximum atomic E-state index is 14.3. The number of aliphatic hydroxyl groups is 1. The Labute approximate surface area is 210 Å². The molecule has 5 nitrogen and oxygen atoms in total. The van der Waals surface area contributed by atoms with Crippen LogP contribution >= 0.6 is 11.3 Å². The van der Waals surface area contributed by atoms with E-state index >= 15 is 0 Å². The van der Waals surface area contributed by atoms with Crippen molar-refractivity contribution in [3.63, 3.8) is 0 Å². The second-order valence-electron chi connectivity index (χ2n) is 9.44. The van der Waals surface area contributed by atoms with Crippen LogP contribution in [0.5, 0.6) is 5.75 Å². The van der Waals surface area contributed by atoms with Gasteiger partial charge in [0.25, 0.3) is 0 Å². The third kappa shape index (κ3) is 5.12. The highest BCUT2D eigenvalue weighted by atomic mass is 32.1. The van der Waals surface area contributed by atoms with Crippen LogP contribution in [0.25, 0.3) is 21.3 Å². The predicted molar refractivity (Wildman–Crippen MR) is 138 cm³/mol. The first kappa shape index (κ1) is 25.8. The first-order chi connectivity index (χ1) is 16.9. The Kier molecular flexibility index (Phi) is 6.90. The van der Waals surface area contributed by atoms with Crippen LogP contribution in [0, 0.1) is 0 Å². The van der Waals surface area contributed by atoms with Crippen LogP contribution in [0.3, 0.4) is 0 Å². The lowest BCUT2D eigenvalue weighted by molar-refractivity contribution is -0.260. The third-order valence-corrected chi connectivity index (χ3v) is 7.26. The van der Waals surface area contributed by atoms with Gasteiger partial charge >= 0.3 is 6.18 Å². The van der Waals surface area contributed by atoms with Gasteiger partial charge in [-0.25, -0.2) is 0 Å². The third-order valence-electron chi connectivity index (χ3n) is 6.34. The second-order valence-corrected chi connectivity index (χ2v) is 10.4. The summed E-state index contributed by atoms with van der Waals surface area (Å²) < 4.78 is 48.3. The number of halogens is 3. The van der Waals surface area contributed by atoms with Crippen molar-refractivity contribution in [1.82, 2.24) is 4.98 Å². The summed E-state index contributed by atoms with van der Waals surface area (Å²) in [6.45, 7) is 2.54. The number of fused-ring (bicyclic) bond motifs is 1. The van der Waals surface area contributed by atoms with Gasteiger partial charge in [-0.2, -0.15) is 13.2 Å². The number of nitrogens with one attached hydrogen (secondary N) is 2. The average Bonchev–Trinajstić information content (AvgIpc) is 3.37. The number of aromatic amines is 1. The minimum atomic E-state index is -4.91. The van der Waals surface area contributed by atoms with Crippen molar-refractivity contribution in [3.05, 3.63) is 82.0 Å². The highest BCUT2D eigenvalue weighted by Gasteiger charge is 2.56. The Morgan fingerprint density at radius 3 is 2.53 bits per heavy atom. The largest absolute Gasteiger partial charge is 0.496 e. The zero-order valence-corrected chi connectivity index (χ0v) is 20.9. The van der Waals surface area contributed by atoms with E-state index in [0.29, 0.717) is 27.9 Å². The van der Waals surface area contributed by atoms with Gasteiger partial charge in [0.15, 0.2) is 11.0 Å². The molecular formula is C27H27F3N2O3S. The van der Waals surface area contributed by atoms with Crippen molar-refractivity contribution in [2.75, 3.05) is 19.0 Å². The number of alkyl halides is 3. The fourth-order valence-electron chi connectivity index (χ4n) is 4.45. The number of H-pyrrole nitrogens is 1. The molecule has 190 valence electrons. The molecule has 0 aliphatic carbocycles. The molecule has 36 heavy (non-hydrogen) atoms. The van der Waals surface area contributed by atoms with Crippen LogP contribution in [-0.2, 0) is 5.41 Å². The van der Waals surface area contributed by atoms with Crippen LogP contribution in [0.2, 0.25) is 0 Å². The number of ether oxygens (including phenoxy) is 1. The molecule has 4 rings (SSSR count). The standard InChI is InChI=1S/C27H27F3N2O3S/c1-25(2,20-13-17(6-9-23(20)35-3)24-5-4-12-36-24)15-26(34,27(28,29)30)16-32-18-7-8-21-19(14-18)22(33)10-11-31-21/h4-14,32,34H,15-16H2,1-3H3,(H,31,33). The molecule has 1 atom stereocenters. The molecule has 9 heteroatoms. The van der Waals surface area contributed by atoms with Crippen molar-refractivity contribution in [3.8, 4) is 16.2 Å². The molecule has 3 N–H and O–H groups in total. The minimum Gasteiger partial charge on any atom is -0.496 e.